The molecule has 1 aliphatic rings. The number of hydrogen-bond donors (Lipinski definition) is 2. The lowest BCUT2D eigenvalue weighted by atomic mass is 9.88. The summed E-state index contributed by atoms with van der Waals surface area (Å²) in [6, 6.07) is 5.62. The van der Waals surface area contributed by atoms with E-state index in [1.807, 2.05) is 18.2 Å². The monoisotopic (exact) mass is 257 g/mol. The fourth-order valence-corrected chi connectivity index (χ4v) is 2.28. The molecular formula is C10H12BrNO2. The van der Waals surface area contributed by atoms with Gasteiger partial charge in [-0.05, 0) is 12.1 Å². The number of rotatable bonds is 2. The second kappa shape index (κ2) is 3.53. The highest BCUT2D eigenvalue weighted by Gasteiger charge is 2.37. The lowest BCUT2D eigenvalue weighted by molar-refractivity contribution is -0.0153. The number of methoxy groups -OCH3 is 1. The van der Waals surface area contributed by atoms with E-state index in [0.29, 0.717) is 13.1 Å². The lowest BCUT2D eigenvalue weighted by Gasteiger charge is -2.38. The van der Waals surface area contributed by atoms with E-state index in [0.717, 1.165) is 15.8 Å². The molecule has 1 aliphatic heterocycles. The van der Waals surface area contributed by atoms with Gasteiger partial charge in [0.2, 0.25) is 0 Å². The predicted octanol–water partition coefficient (Wildman–Crippen LogP) is 1.25. The van der Waals surface area contributed by atoms with Crippen LogP contribution >= 0.6 is 15.9 Å². The number of β-amino-alcohol motifs (C(OH)–C–C–N with tert-alkyl or cyclic N) is 1. The summed E-state index contributed by atoms with van der Waals surface area (Å²) >= 11 is 3.43. The molecule has 0 radical (unpaired) electrons. The third-order valence-electron chi connectivity index (χ3n) is 2.51. The molecule has 76 valence electrons. The second-order valence-corrected chi connectivity index (χ2v) is 4.34. The van der Waals surface area contributed by atoms with Gasteiger partial charge in [0.05, 0.1) is 7.11 Å². The number of benzene rings is 1. The first-order valence-electron chi connectivity index (χ1n) is 4.43. The predicted molar refractivity (Wildman–Crippen MR) is 57.5 cm³/mol. The van der Waals surface area contributed by atoms with E-state index in [2.05, 4.69) is 21.2 Å². The second-order valence-electron chi connectivity index (χ2n) is 3.48. The van der Waals surface area contributed by atoms with Crippen molar-refractivity contribution in [1.82, 2.24) is 5.32 Å². The zero-order valence-corrected chi connectivity index (χ0v) is 9.47. The van der Waals surface area contributed by atoms with Crippen LogP contribution in [0.4, 0.5) is 0 Å². The SMILES string of the molecule is COc1ccc(C2(O)CNC2)c(Br)c1. The molecule has 1 aromatic carbocycles. The largest absolute Gasteiger partial charge is 0.497 e. The van der Waals surface area contributed by atoms with E-state index in [1.54, 1.807) is 7.11 Å². The van der Waals surface area contributed by atoms with Crippen LogP contribution in [0.15, 0.2) is 22.7 Å². The van der Waals surface area contributed by atoms with Gasteiger partial charge in [-0.1, -0.05) is 22.0 Å². The third-order valence-corrected chi connectivity index (χ3v) is 3.17. The van der Waals surface area contributed by atoms with Crippen LogP contribution in [0.1, 0.15) is 5.56 Å². The molecule has 3 nitrogen and oxygen atoms in total. The smallest absolute Gasteiger partial charge is 0.120 e. The summed E-state index contributed by atoms with van der Waals surface area (Å²) in [5.74, 6) is 0.788. The molecule has 4 heteroatoms. The molecule has 2 rings (SSSR count). The summed E-state index contributed by atoms with van der Waals surface area (Å²) in [6.07, 6.45) is 0. The minimum absolute atomic E-state index is 0.609. The van der Waals surface area contributed by atoms with Crippen molar-refractivity contribution < 1.29 is 9.84 Å². The van der Waals surface area contributed by atoms with E-state index < -0.39 is 5.60 Å². The minimum Gasteiger partial charge on any atom is -0.497 e. The Labute approximate surface area is 91.2 Å². The standard InChI is InChI=1S/C10H12BrNO2/c1-14-7-2-3-8(9(11)4-7)10(13)5-12-6-10/h2-4,12-13H,5-6H2,1H3. The Balaban J connectivity index is 2.35. The Kier molecular flexibility index (Phi) is 2.51. The number of hydrogen-bond acceptors (Lipinski definition) is 3. The first-order chi connectivity index (χ1) is 6.65. The van der Waals surface area contributed by atoms with Crippen molar-refractivity contribution >= 4 is 15.9 Å². The highest BCUT2D eigenvalue weighted by molar-refractivity contribution is 9.10. The van der Waals surface area contributed by atoms with Gasteiger partial charge in [0.25, 0.3) is 0 Å². The molecule has 2 N–H and O–H groups in total. The topological polar surface area (TPSA) is 41.5 Å². The van der Waals surface area contributed by atoms with Gasteiger partial charge in [-0.2, -0.15) is 0 Å². The molecule has 0 aromatic heterocycles. The van der Waals surface area contributed by atoms with Crippen molar-refractivity contribution in [2.45, 2.75) is 5.60 Å². The fraction of sp³-hybridized carbons (Fsp3) is 0.400. The molecule has 14 heavy (non-hydrogen) atoms. The molecule has 0 saturated carbocycles. The summed E-state index contributed by atoms with van der Waals surface area (Å²) in [6.45, 7) is 1.22. The number of aliphatic hydroxyl groups is 1. The van der Waals surface area contributed by atoms with Gasteiger partial charge < -0.3 is 15.2 Å². The molecule has 0 bridgehead atoms. The molecule has 0 amide bonds. The average Bonchev–Trinajstić information content (AvgIpc) is 2.14. The van der Waals surface area contributed by atoms with Gasteiger partial charge in [0.1, 0.15) is 11.4 Å². The highest BCUT2D eigenvalue weighted by Crippen LogP contribution is 2.33. The van der Waals surface area contributed by atoms with Gasteiger partial charge in [-0.3, -0.25) is 0 Å². The normalized spacial score (nSPS) is 18.8. The Morgan fingerprint density at radius 1 is 1.50 bits per heavy atom. The maximum absolute atomic E-state index is 10.1. The van der Waals surface area contributed by atoms with Crippen LogP contribution in [0.25, 0.3) is 0 Å². The van der Waals surface area contributed by atoms with E-state index >= 15 is 0 Å². The van der Waals surface area contributed by atoms with Crippen molar-refractivity contribution in [3.8, 4) is 5.75 Å². The molecule has 1 saturated heterocycles. The molecule has 1 fully saturated rings. The number of nitrogens with one attached hydrogen (secondary N) is 1. The number of ether oxygens (including phenoxy) is 1. The first-order valence-corrected chi connectivity index (χ1v) is 5.22. The van der Waals surface area contributed by atoms with Gasteiger partial charge >= 0.3 is 0 Å². The van der Waals surface area contributed by atoms with E-state index in [9.17, 15) is 5.11 Å². The van der Waals surface area contributed by atoms with Gasteiger partial charge in [-0.15, -0.1) is 0 Å². The minimum atomic E-state index is -0.717. The molecule has 0 unspecified atom stereocenters. The van der Waals surface area contributed by atoms with Crippen LogP contribution in [0.5, 0.6) is 5.75 Å². The van der Waals surface area contributed by atoms with Crippen LogP contribution in [-0.2, 0) is 5.60 Å². The van der Waals surface area contributed by atoms with Gasteiger partial charge in [0, 0.05) is 23.1 Å². The van der Waals surface area contributed by atoms with E-state index in [-0.39, 0.29) is 0 Å². The first kappa shape index (κ1) is 9.96. The molecule has 1 heterocycles. The molecule has 1 aromatic rings. The molecule has 0 aliphatic carbocycles. The summed E-state index contributed by atoms with van der Waals surface area (Å²) in [4.78, 5) is 0. The maximum Gasteiger partial charge on any atom is 0.120 e. The lowest BCUT2D eigenvalue weighted by Crippen LogP contribution is -2.56. The van der Waals surface area contributed by atoms with Crippen molar-refractivity contribution in [2.75, 3.05) is 20.2 Å². The van der Waals surface area contributed by atoms with Crippen LogP contribution in [0, 0.1) is 0 Å². The zero-order valence-electron chi connectivity index (χ0n) is 7.88. The van der Waals surface area contributed by atoms with E-state index in [1.165, 1.54) is 0 Å². The Bertz CT molecular complexity index is 350. The molecule has 0 atom stereocenters. The quantitative estimate of drug-likeness (QED) is 0.838. The Morgan fingerprint density at radius 3 is 2.64 bits per heavy atom. The van der Waals surface area contributed by atoms with Crippen LogP contribution < -0.4 is 10.1 Å². The van der Waals surface area contributed by atoms with Crippen LogP contribution in [0.2, 0.25) is 0 Å². The summed E-state index contributed by atoms with van der Waals surface area (Å²) in [7, 11) is 1.63. The van der Waals surface area contributed by atoms with Crippen molar-refractivity contribution in [3.05, 3.63) is 28.2 Å². The molecule has 0 spiro atoms. The summed E-state index contributed by atoms with van der Waals surface area (Å²) < 4.78 is 5.98. The summed E-state index contributed by atoms with van der Waals surface area (Å²) in [5, 5.41) is 13.1. The van der Waals surface area contributed by atoms with Crippen molar-refractivity contribution in [2.24, 2.45) is 0 Å². The zero-order chi connectivity index (χ0) is 10.2. The molecular weight excluding hydrogens is 246 g/mol. The van der Waals surface area contributed by atoms with Crippen LogP contribution in [-0.4, -0.2) is 25.3 Å². The highest BCUT2D eigenvalue weighted by atomic mass is 79.9. The van der Waals surface area contributed by atoms with E-state index in [4.69, 9.17) is 4.74 Å². The van der Waals surface area contributed by atoms with Gasteiger partial charge in [0.15, 0.2) is 0 Å². The Hall–Kier alpha value is -0.580. The fourth-order valence-electron chi connectivity index (χ4n) is 1.55. The summed E-state index contributed by atoms with van der Waals surface area (Å²) in [5.41, 5.74) is 0.197. The van der Waals surface area contributed by atoms with Crippen molar-refractivity contribution in [3.63, 3.8) is 0 Å². The van der Waals surface area contributed by atoms with Crippen molar-refractivity contribution in [1.29, 1.82) is 0 Å². The average molecular weight is 258 g/mol. The third kappa shape index (κ3) is 1.54. The van der Waals surface area contributed by atoms with Crippen LogP contribution in [0.3, 0.4) is 0 Å². The maximum atomic E-state index is 10.1. The Morgan fingerprint density at radius 2 is 2.21 bits per heavy atom. The number of halogens is 1. The van der Waals surface area contributed by atoms with Gasteiger partial charge in [-0.25, -0.2) is 0 Å².